The average molecular weight is 484 g/mol. The molecule has 0 bridgehead atoms. The largest absolute Gasteiger partial charge is 0.494 e. The van der Waals surface area contributed by atoms with E-state index in [2.05, 4.69) is 5.32 Å². The zero-order valence-electron chi connectivity index (χ0n) is 19.2. The summed E-state index contributed by atoms with van der Waals surface area (Å²) in [4.78, 5) is 23.7. The van der Waals surface area contributed by atoms with Crippen LogP contribution in [0.4, 0.5) is 17.1 Å². The van der Waals surface area contributed by atoms with Crippen molar-refractivity contribution in [1.29, 1.82) is 0 Å². The Morgan fingerprint density at radius 3 is 2.35 bits per heavy atom. The third-order valence-electron chi connectivity index (χ3n) is 5.22. The SMILES string of the molecule is CCOc1ccc(N(C)S(=O)(=O)c2ccc(C)c(C(=O)Nc3ccc(C)cc3[N+](=O)[O-])c2)cc1. The summed E-state index contributed by atoms with van der Waals surface area (Å²) in [5, 5.41) is 13.9. The fraction of sp³-hybridized carbons (Fsp3) is 0.208. The van der Waals surface area contributed by atoms with Crippen molar-refractivity contribution in [2.24, 2.45) is 0 Å². The molecule has 178 valence electrons. The smallest absolute Gasteiger partial charge is 0.293 e. The highest BCUT2D eigenvalue weighted by atomic mass is 32.2. The molecule has 9 nitrogen and oxygen atoms in total. The molecule has 0 spiro atoms. The highest BCUT2D eigenvalue weighted by Crippen LogP contribution is 2.28. The molecule has 0 saturated carbocycles. The van der Waals surface area contributed by atoms with Crippen LogP contribution in [-0.4, -0.2) is 32.9 Å². The van der Waals surface area contributed by atoms with Gasteiger partial charge in [0, 0.05) is 18.7 Å². The number of nitro benzene ring substituents is 1. The standard InChI is InChI=1S/C24H25N3O6S/c1-5-33-19-10-8-18(9-11-19)26(4)34(31,32)20-12-7-17(3)21(15-20)24(28)25-22-13-6-16(2)14-23(22)27(29)30/h6-15H,5H2,1-4H3,(H,25,28). The predicted octanol–water partition coefficient (Wildman–Crippen LogP) is 4.69. The average Bonchev–Trinajstić information content (AvgIpc) is 2.80. The van der Waals surface area contributed by atoms with E-state index in [4.69, 9.17) is 4.74 Å². The zero-order chi connectivity index (χ0) is 25.0. The number of carbonyl (C=O) groups excluding carboxylic acids is 1. The third-order valence-corrected chi connectivity index (χ3v) is 7.00. The molecule has 3 rings (SSSR count). The molecule has 0 unspecified atom stereocenters. The van der Waals surface area contributed by atoms with E-state index in [9.17, 15) is 23.3 Å². The second-order valence-corrected chi connectivity index (χ2v) is 9.58. The number of rotatable bonds is 8. The maximum atomic E-state index is 13.2. The van der Waals surface area contributed by atoms with Crippen molar-refractivity contribution >= 4 is 33.0 Å². The highest BCUT2D eigenvalue weighted by Gasteiger charge is 2.24. The minimum Gasteiger partial charge on any atom is -0.494 e. The molecule has 0 atom stereocenters. The molecule has 0 aliphatic heterocycles. The molecule has 3 aromatic rings. The van der Waals surface area contributed by atoms with Crippen molar-refractivity contribution in [2.75, 3.05) is 23.3 Å². The van der Waals surface area contributed by atoms with E-state index in [0.717, 1.165) is 4.31 Å². The van der Waals surface area contributed by atoms with Crippen molar-refractivity contribution < 1.29 is 22.9 Å². The lowest BCUT2D eigenvalue weighted by atomic mass is 10.1. The number of hydrogen-bond donors (Lipinski definition) is 1. The first-order valence-electron chi connectivity index (χ1n) is 10.4. The van der Waals surface area contributed by atoms with Crippen molar-refractivity contribution in [3.63, 3.8) is 0 Å². The van der Waals surface area contributed by atoms with Crippen molar-refractivity contribution in [2.45, 2.75) is 25.7 Å². The third kappa shape index (κ3) is 5.18. The number of nitrogens with one attached hydrogen (secondary N) is 1. The van der Waals surface area contributed by atoms with E-state index < -0.39 is 20.9 Å². The topological polar surface area (TPSA) is 119 Å². The number of ether oxygens (including phenoxy) is 1. The fourth-order valence-electron chi connectivity index (χ4n) is 3.31. The number of benzene rings is 3. The fourth-order valence-corrected chi connectivity index (χ4v) is 4.53. The quantitative estimate of drug-likeness (QED) is 0.367. The molecule has 34 heavy (non-hydrogen) atoms. The summed E-state index contributed by atoms with van der Waals surface area (Å²) in [6.07, 6.45) is 0. The Morgan fingerprint density at radius 1 is 1.06 bits per heavy atom. The molecule has 1 N–H and O–H groups in total. The normalized spacial score (nSPS) is 11.1. The minimum atomic E-state index is -3.99. The second-order valence-electron chi connectivity index (χ2n) is 7.61. The molecular weight excluding hydrogens is 458 g/mol. The van der Waals surface area contributed by atoms with E-state index in [1.807, 2.05) is 6.92 Å². The van der Waals surface area contributed by atoms with Crippen LogP contribution in [0.5, 0.6) is 5.75 Å². The monoisotopic (exact) mass is 483 g/mol. The van der Waals surface area contributed by atoms with Crippen LogP contribution in [0.3, 0.4) is 0 Å². The number of nitro groups is 1. The molecule has 0 fully saturated rings. The van der Waals surface area contributed by atoms with Gasteiger partial charge in [0.2, 0.25) is 0 Å². The molecule has 3 aromatic carbocycles. The van der Waals surface area contributed by atoms with Crippen LogP contribution in [0.1, 0.15) is 28.4 Å². The van der Waals surface area contributed by atoms with Crippen molar-refractivity contribution in [3.05, 3.63) is 87.5 Å². The number of sulfonamides is 1. The summed E-state index contributed by atoms with van der Waals surface area (Å²) in [5.74, 6) is -0.0261. The summed E-state index contributed by atoms with van der Waals surface area (Å²) in [6, 6.07) is 15.3. The van der Waals surface area contributed by atoms with Gasteiger partial charge in [0.1, 0.15) is 11.4 Å². The van der Waals surface area contributed by atoms with Crippen LogP contribution in [-0.2, 0) is 10.0 Å². The molecule has 10 heteroatoms. The Bertz CT molecular complexity index is 1340. The molecular formula is C24H25N3O6S. The van der Waals surface area contributed by atoms with Gasteiger partial charge in [-0.3, -0.25) is 19.2 Å². The lowest BCUT2D eigenvalue weighted by Crippen LogP contribution is -2.27. The first-order chi connectivity index (χ1) is 16.0. The van der Waals surface area contributed by atoms with Crippen molar-refractivity contribution in [1.82, 2.24) is 0 Å². The van der Waals surface area contributed by atoms with E-state index in [0.29, 0.717) is 29.2 Å². The van der Waals surface area contributed by atoms with Crippen LogP contribution in [0.15, 0.2) is 65.6 Å². The zero-order valence-corrected chi connectivity index (χ0v) is 20.0. The molecule has 0 aliphatic carbocycles. The summed E-state index contributed by atoms with van der Waals surface area (Å²) < 4.78 is 33.0. The van der Waals surface area contributed by atoms with Crippen LogP contribution in [0, 0.1) is 24.0 Å². The van der Waals surface area contributed by atoms with E-state index in [1.54, 1.807) is 44.2 Å². The number of aryl methyl sites for hydroxylation is 2. The Hall–Kier alpha value is -3.92. The van der Waals surface area contributed by atoms with Gasteiger partial charge in [0.25, 0.3) is 21.6 Å². The predicted molar refractivity (Wildman–Crippen MR) is 130 cm³/mol. The van der Waals surface area contributed by atoms with Crippen molar-refractivity contribution in [3.8, 4) is 5.75 Å². The molecule has 0 heterocycles. The number of anilines is 2. The van der Waals surface area contributed by atoms with E-state index >= 15 is 0 Å². The first kappa shape index (κ1) is 24.7. The molecule has 0 saturated heterocycles. The number of nitrogens with zero attached hydrogens (tertiary/aromatic N) is 2. The van der Waals surface area contributed by atoms with Gasteiger partial charge in [0.15, 0.2) is 0 Å². The maximum absolute atomic E-state index is 13.2. The van der Waals surface area contributed by atoms with Gasteiger partial charge in [-0.1, -0.05) is 12.1 Å². The first-order valence-corrected chi connectivity index (χ1v) is 11.9. The highest BCUT2D eigenvalue weighted by molar-refractivity contribution is 7.92. The van der Waals surface area contributed by atoms with E-state index in [-0.39, 0.29) is 21.8 Å². The lowest BCUT2D eigenvalue weighted by molar-refractivity contribution is -0.384. The Balaban J connectivity index is 1.92. The molecule has 0 radical (unpaired) electrons. The van der Waals surface area contributed by atoms with Crippen LogP contribution in [0.25, 0.3) is 0 Å². The summed E-state index contributed by atoms with van der Waals surface area (Å²) >= 11 is 0. The lowest BCUT2D eigenvalue weighted by Gasteiger charge is -2.20. The Labute approximate surface area is 198 Å². The van der Waals surface area contributed by atoms with Gasteiger partial charge in [-0.25, -0.2) is 8.42 Å². The summed E-state index contributed by atoms with van der Waals surface area (Å²) in [5.41, 5.74) is 1.49. The maximum Gasteiger partial charge on any atom is 0.293 e. The van der Waals surface area contributed by atoms with Gasteiger partial charge >= 0.3 is 0 Å². The Kier molecular flexibility index (Phi) is 7.21. The van der Waals surface area contributed by atoms with Crippen LogP contribution >= 0.6 is 0 Å². The van der Waals surface area contributed by atoms with Gasteiger partial charge < -0.3 is 10.1 Å². The summed E-state index contributed by atoms with van der Waals surface area (Å²) in [7, 11) is -2.57. The van der Waals surface area contributed by atoms with E-state index in [1.165, 1.54) is 37.4 Å². The summed E-state index contributed by atoms with van der Waals surface area (Å²) in [6.45, 7) is 5.71. The van der Waals surface area contributed by atoms with Gasteiger partial charge in [0.05, 0.1) is 22.1 Å². The van der Waals surface area contributed by atoms with Gasteiger partial charge in [-0.05, 0) is 74.4 Å². The minimum absolute atomic E-state index is 0.0276. The molecule has 1 amide bonds. The second kappa shape index (κ2) is 9.92. The number of hydrogen-bond acceptors (Lipinski definition) is 6. The Morgan fingerprint density at radius 2 is 1.74 bits per heavy atom. The molecule has 0 aromatic heterocycles. The number of amides is 1. The van der Waals surface area contributed by atoms with Gasteiger partial charge in [-0.2, -0.15) is 0 Å². The number of carbonyl (C=O) groups is 1. The van der Waals surface area contributed by atoms with Crippen LogP contribution < -0.4 is 14.4 Å². The van der Waals surface area contributed by atoms with Crippen LogP contribution in [0.2, 0.25) is 0 Å². The van der Waals surface area contributed by atoms with Gasteiger partial charge in [-0.15, -0.1) is 0 Å². The molecule has 0 aliphatic rings.